The standard InChI is InChI=1S/C28H14N4O9/c33-25-21-11-9-19(13-23(21)27(35)29(25)15-1-5-17(6-2-15)31(37)38)41-20-10-12-22-24(14-20)28(36)30(26(22)34)16-3-7-18(8-4-16)32(39)40/h1-14H. The van der Waals surface area contributed by atoms with E-state index in [0.717, 1.165) is 9.80 Å². The number of amides is 4. The van der Waals surface area contributed by atoms with E-state index in [0.29, 0.717) is 0 Å². The van der Waals surface area contributed by atoms with Crippen molar-refractivity contribution in [3.63, 3.8) is 0 Å². The Morgan fingerprint density at radius 2 is 0.829 bits per heavy atom. The summed E-state index contributed by atoms with van der Waals surface area (Å²) < 4.78 is 5.85. The number of carbonyl (C=O) groups is 4. The smallest absolute Gasteiger partial charge is 0.269 e. The molecule has 41 heavy (non-hydrogen) atoms. The molecular formula is C28H14N4O9. The summed E-state index contributed by atoms with van der Waals surface area (Å²) in [6.07, 6.45) is 0. The largest absolute Gasteiger partial charge is 0.457 e. The molecule has 4 aromatic carbocycles. The Labute approximate surface area is 229 Å². The van der Waals surface area contributed by atoms with E-state index < -0.39 is 33.5 Å². The van der Waals surface area contributed by atoms with Gasteiger partial charge in [-0.1, -0.05) is 0 Å². The van der Waals surface area contributed by atoms with Crippen LogP contribution in [0.2, 0.25) is 0 Å². The molecule has 13 nitrogen and oxygen atoms in total. The lowest BCUT2D eigenvalue weighted by molar-refractivity contribution is -0.385. The molecule has 6 rings (SSSR count). The molecule has 2 aliphatic heterocycles. The molecule has 0 atom stereocenters. The zero-order valence-corrected chi connectivity index (χ0v) is 20.5. The van der Waals surface area contributed by atoms with Gasteiger partial charge in [0, 0.05) is 24.3 Å². The number of rotatable bonds is 6. The molecule has 0 fully saturated rings. The van der Waals surface area contributed by atoms with Gasteiger partial charge < -0.3 is 4.74 Å². The van der Waals surface area contributed by atoms with Gasteiger partial charge in [0.2, 0.25) is 0 Å². The van der Waals surface area contributed by atoms with Crippen molar-refractivity contribution < 1.29 is 33.8 Å². The number of benzene rings is 4. The summed E-state index contributed by atoms with van der Waals surface area (Å²) in [5.41, 5.74) is 0.318. The molecule has 4 amide bonds. The average molecular weight is 550 g/mol. The molecule has 0 aromatic heterocycles. The molecular weight excluding hydrogens is 536 g/mol. The zero-order valence-electron chi connectivity index (χ0n) is 20.5. The van der Waals surface area contributed by atoms with E-state index in [4.69, 9.17) is 4.74 Å². The first-order chi connectivity index (χ1) is 19.6. The first-order valence-electron chi connectivity index (χ1n) is 11.9. The van der Waals surface area contributed by atoms with Crippen LogP contribution in [0.25, 0.3) is 0 Å². The molecule has 13 heteroatoms. The molecule has 0 spiro atoms. The lowest BCUT2D eigenvalue weighted by Gasteiger charge is -2.13. The van der Waals surface area contributed by atoms with Crippen LogP contribution < -0.4 is 14.5 Å². The number of nitro benzene ring substituents is 2. The van der Waals surface area contributed by atoms with Crippen LogP contribution in [0.5, 0.6) is 11.5 Å². The predicted octanol–water partition coefficient (Wildman–Crippen LogP) is 4.90. The van der Waals surface area contributed by atoms with Crippen molar-refractivity contribution in [2.75, 3.05) is 9.80 Å². The topological polar surface area (TPSA) is 170 Å². The minimum atomic E-state index is -0.641. The molecule has 0 aliphatic carbocycles. The van der Waals surface area contributed by atoms with Crippen LogP contribution in [0.1, 0.15) is 41.4 Å². The molecule has 2 aliphatic rings. The van der Waals surface area contributed by atoms with Crippen LogP contribution in [-0.2, 0) is 0 Å². The van der Waals surface area contributed by atoms with Crippen molar-refractivity contribution in [3.8, 4) is 11.5 Å². The fourth-order valence-corrected chi connectivity index (χ4v) is 4.62. The zero-order chi connectivity index (χ0) is 29.0. The third-order valence-electron chi connectivity index (χ3n) is 6.59. The van der Waals surface area contributed by atoms with Crippen molar-refractivity contribution in [1.29, 1.82) is 0 Å². The van der Waals surface area contributed by atoms with Gasteiger partial charge in [0.15, 0.2) is 0 Å². The maximum Gasteiger partial charge on any atom is 0.269 e. The highest BCUT2D eigenvalue weighted by Gasteiger charge is 2.38. The number of nitrogens with zero attached hydrogens (tertiary/aromatic N) is 4. The maximum atomic E-state index is 13.1. The Balaban J connectivity index is 1.24. The second kappa shape index (κ2) is 9.20. The number of anilines is 2. The summed E-state index contributed by atoms with van der Waals surface area (Å²) in [6.45, 7) is 0. The number of fused-ring (bicyclic) bond motifs is 2. The van der Waals surface area contributed by atoms with E-state index in [2.05, 4.69) is 0 Å². The molecule has 0 unspecified atom stereocenters. The summed E-state index contributed by atoms with van der Waals surface area (Å²) in [6, 6.07) is 18.5. The summed E-state index contributed by atoms with van der Waals surface area (Å²) in [4.78, 5) is 74.5. The number of non-ortho nitro benzene ring substituents is 2. The van der Waals surface area contributed by atoms with Crippen molar-refractivity contribution in [1.82, 2.24) is 0 Å². The SMILES string of the molecule is O=C1c2ccc(Oc3ccc4c(c3)C(=O)N(c3ccc([N+](=O)[O-])cc3)C4=O)cc2C(=O)N1c1ccc([N+](=O)[O-])cc1. The van der Waals surface area contributed by atoms with Gasteiger partial charge in [-0.25, -0.2) is 9.80 Å². The van der Waals surface area contributed by atoms with E-state index in [1.54, 1.807) is 0 Å². The summed E-state index contributed by atoms with van der Waals surface area (Å²) in [5.74, 6) is -2.12. The molecule has 0 N–H and O–H groups in total. The van der Waals surface area contributed by atoms with Crippen molar-refractivity contribution in [2.24, 2.45) is 0 Å². The Morgan fingerprint density at radius 1 is 0.488 bits per heavy atom. The third kappa shape index (κ3) is 4.04. The third-order valence-corrected chi connectivity index (χ3v) is 6.59. The van der Waals surface area contributed by atoms with E-state index >= 15 is 0 Å². The van der Waals surface area contributed by atoms with Crippen molar-refractivity contribution >= 4 is 46.4 Å². The Hall–Kier alpha value is -6.24. The molecule has 0 radical (unpaired) electrons. The van der Waals surface area contributed by atoms with Gasteiger partial charge in [0.25, 0.3) is 35.0 Å². The first kappa shape index (κ1) is 25.1. The van der Waals surface area contributed by atoms with Crippen LogP contribution in [0.15, 0.2) is 84.9 Å². The van der Waals surface area contributed by atoms with Crippen molar-refractivity contribution in [2.45, 2.75) is 0 Å². The number of imide groups is 2. The monoisotopic (exact) mass is 550 g/mol. The van der Waals surface area contributed by atoms with Crippen LogP contribution in [0.4, 0.5) is 22.7 Å². The summed E-state index contributed by atoms with van der Waals surface area (Å²) in [5, 5.41) is 21.8. The van der Waals surface area contributed by atoms with Gasteiger partial charge in [-0.3, -0.25) is 39.4 Å². The van der Waals surface area contributed by atoms with Gasteiger partial charge in [-0.15, -0.1) is 0 Å². The van der Waals surface area contributed by atoms with Gasteiger partial charge in [-0.05, 0) is 60.7 Å². The lowest BCUT2D eigenvalue weighted by atomic mass is 10.1. The second-order valence-corrected chi connectivity index (χ2v) is 8.96. The van der Waals surface area contributed by atoms with Gasteiger partial charge in [0.1, 0.15) is 11.5 Å². The van der Waals surface area contributed by atoms with Crippen LogP contribution in [0, 0.1) is 20.2 Å². The fraction of sp³-hybridized carbons (Fsp3) is 0. The summed E-state index contributed by atoms with van der Waals surface area (Å²) >= 11 is 0. The highest BCUT2D eigenvalue weighted by Crippen LogP contribution is 2.35. The minimum Gasteiger partial charge on any atom is -0.457 e. The molecule has 200 valence electrons. The van der Waals surface area contributed by atoms with Gasteiger partial charge in [-0.2, -0.15) is 0 Å². The number of ether oxygens (including phenoxy) is 1. The van der Waals surface area contributed by atoms with E-state index in [1.807, 2.05) is 0 Å². The lowest BCUT2D eigenvalue weighted by Crippen LogP contribution is -2.29. The average Bonchev–Trinajstić information content (AvgIpc) is 3.36. The summed E-state index contributed by atoms with van der Waals surface area (Å²) in [7, 11) is 0. The Morgan fingerprint density at radius 3 is 1.17 bits per heavy atom. The highest BCUT2D eigenvalue weighted by atomic mass is 16.6. The van der Waals surface area contributed by atoms with Gasteiger partial charge in [0.05, 0.1) is 43.5 Å². The molecule has 0 saturated heterocycles. The molecule has 4 aromatic rings. The number of nitro groups is 2. The number of carbonyl (C=O) groups excluding carboxylic acids is 4. The molecule has 0 saturated carbocycles. The van der Waals surface area contributed by atoms with Crippen LogP contribution in [-0.4, -0.2) is 33.5 Å². The predicted molar refractivity (Wildman–Crippen MR) is 141 cm³/mol. The highest BCUT2D eigenvalue weighted by molar-refractivity contribution is 6.35. The van der Waals surface area contributed by atoms with Crippen LogP contribution >= 0.6 is 0 Å². The quantitative estimate of drug-likeness (QED) is 0.184. The fourth-order valence-electron chi connectivity index (χ4n) is 4.62. The van der Waals surface area contributed by atoms with E-state index in [1.165, 1.54) is 84.9 Å². The van der Waals surface area contributed by atoms with Crippen LogP contribution in [0.3, 0.4) is 0 Å². The Kier molecular flexibility index (Phi) is 5.62. The first-order valence-corrected chi connectivity index (χ1v) is 11.9. The number of hydrogen-bond acceptors (Lipinski definition) is 9. The van der Waals surface area contributed by atoms with E-state index in [9.17, 15) is 39.4 Å². The number of hydrogen-bond donors (Lipinski definition) is 0. The molecule has 0 bridgehead atoms. The van der Waals surface area contributed by atoms with Gasteiger partial charge >= 0.3 is 0 Å². The van der Waals surface area contributed by atoms with Crippen molar-refractivity contribution in [3.05, 3.63) is 127 Å². The molecule has 2 heterocycles. The van der Waals surface area contributed by atoms with E-state index in [-0.39, 0.29) is 56.5 Å². The normalized spacial score (nSPS) is 13.9. The maximum absolute atomic E-state index is 13.1. The Bertz CT molecular complexity index is 1710. The minimum absolute atomic E-state index is 0.0580. The second-order valence-electron chi connectivity index (χ2n) is 8.96.